The van der Waals surface area contributed by atoms with Crippen LogP contribution in [0.1, 0.15) is 51.2 Å². The van der Waals surface area contributed by atoms with Crippen LogP contribution in [0.15, 0.2) is 22.7 Å². The van der Waals surface area contributed by atoms with E-state index in [0.717, 1.165) is 4.47 Å². The number of halogens is 1. The normalized spacial score (nSPS) is 26.5. The molecule has 2 aliphatic rings. The second kappa shape index (κ2) is 5.55. The van der Waals surface area contributed by atoms with Gasteiger partial charge in [-0.15, -0.1) is 0 Å². The molecule has 0 saturated heterocycles. The van der Waals surface area contributed by atoms with Crippen molar-refractivity contribution >= 4 is 22.0 Å². The summed E-state index contributed by atoms with van der Waals surface area (Å²) in [5, 5.41) is 2.95. The summed E-state index contributed by atoms with van der Waals surface area (Å²) in [5.41, 5.74) is 2.82. The SMILES string of the molecule is CC(C)(C)OC(=O)NCC1CC12CCCc1ccc(Br)cc12. The molecule has 1 fully saturated rings. The Balaban J connectivity index is 1.65. The molecule has 2 aliphatic carbocycles. The van der Waals surface area contributed by atoms with Gasteiger partial charge in [-0.3, -0.25) is 0 Å². The molecule has 1 N–H and O–H groups in total. The van der Waals surface area contributed by atoms with E-state index >= 15 is 0 Å². The Kier molecular flexibility index (Phi) is 4.00. The number of aryl methyl sites for hydroxylation is 1. The van der Waals surface area contributed by atoms with E-state index in [2.05, 4.69) is 39.4 Å². The number of rotatable bonds is 2. The zero-order chi connectivity index (χ0) is 16.0. The summed E-state index contributed by atoms with van der Waals surface area (Å²) >= 11 is 3.60. The monoisotopic (exact) mass is 365 g/mol. The fraction of sp³-hybridized carbons (Fsp3) is 0.611. The average Bonchev–Trinajstić information content (AvgIpc) is 3.10. The van der Waals surface area contributed by atoms with Crippen LogP contribution in [0, 0.1) is 5.92 Å². The largest absolute Gasteiger partial charge is 0.444 e. The first-order chi connectivity index (χ1) is 10.3. The van der Waals surface area contributed by atoms with Gasteiger partial charge in [0.05, 0.1) is 0 Å². The van der Waals surface area contributed by atoms with Crippen LogP contribution < -0.4 is 5.32 Å². The van der Waals surface area contributed by atoms with Gasteiger partial charge in [0, 0.05) is 16.4 Å². The van der Waals surface area contributed by atoms with Crippen molar-refractivity contribution in [3.05, 3.63) is 33.8 Å². The summed E-state index contributed by atoms with van der Waals surface area (Å²) in [6.07, 6.45) is 4.53. The van der Waals surface area contributed by atoms with E-state index in [1.54, 1.807) is 0 Å². The molecule has 3 nitrogen and oxygen atoms in total. The molecule has 1 amide bonds. The number of fused-ring (bicyclic) bond motifs is 2. The van der Waals surface area contributed by atoms with Crippen molar-refractivity contribution in [3.63, 3.8) is 0 Å². The van der Waals surface area contributed by atoms with Gasteiger partial charge in [0.15, 0.2) is 0 Å². The van der Waals surface area contributed by atoms with E-state index < -0.39 is 5.60 Å². The summed E-state index contributed by atoms with van der Waals surface area (Å²) in [4.78, 5) is 11.8. The lowest BCUT2D eigenvalue weighted by Gasteiger charge is -2.27. The number of carbonyl (C=O) groups is 1. The third-order valence-electron chi connectivity index (χ3n) is 4.80. The Morgan fingerprint density at radius 2 is 2.23 bits per heavy atom. The van der Waals surface area contributed by atoms with Crippen molar-refractivity contribution in [2.24, 2.45) is 5.92 Å². The van der Waals surface area contributed by atoms with Crippen LogP contribution in [-0.4, -0.2) is 18.2 Å². The van der Waals surface area contributed by atoms with Crippen LogP contribution in [0.3, 0.4) is 0 Å². The van der Waals surface area contributed by atoms with Crippen LogP contribution in [0.4, 0.5) is 4.79 Å². The maximum absolute atomic E-state index is 11.8. The molecule has 1 aromatic carbocycles. The lowest BCUT2D eigenvalue weighted by molar-refractivity contribution is 0.0524. The molecule has 1 aromatic rings. The van der Waals surface area contributed by atoms with Crippen molar-refractivity contribution in [1.29, 1.82) is 0 Å². The van der Waals surface area contributed by atoms with Gasteiger partial charge >= 0.3 is 6.09 Å². The standard InChI is InChI=1S/C18H24BrNO2/c1-17(2,3)22-16(21)20-11-13-10-18(13)8-4-5-12-6-7-14(19)9-15(12)18/h6-7,9,13H,4-5,8,10-11H2,1-3H3,(H,20,21). The highest BCUT2D eigenvalue weighted by Gasteiger charge is 2.56. The fourth-order valence-electron chi connectivity index (χ4n) is 3.76. The number of carbonyl (C=O) groups excluding carboxylic acids is 1. The van der Waals surface area contributed by atoms with E-state index in [0.29, 0.717) is 12.5 Å². The summed E-state index contributed by atoms with van der Waals surface area (Å²) in [7, 11) is 0. The molecule has 4 heteroatoms. The van der Waals surface area contributed by atoms with Crippen molar-refractivity contribution in [2.75, 3.05) is 6.54 Å². The predicted molar refractivity (Wildman–Crippen MR) is 91.1 cm³/mol. The molecular weight excluding hydrogens is 342 g/mol. The summed E-state index contributed by atoms with van der Waals surface area (Å²) in [6.45, 7) is 6.38. The van der Waals surface area contributed by atoms with Crippen molar-refractivity contribution < 1.29 is 9.53 Å². The minimum atomic E-state index is -0.437. The molecule has 22 heavy (non-hydrogen) atoms. The maximum Gasteiger partial charge on any atom is 0.407 e. The van der Waals surface area contributed by atoms with Gasteiger partial charge in [-0.2, -0.15) is 0 Å². The maximum atomic E-state index is 11.8. The Hall–Kier alpha value is -1.03. The highest BCUT2D eigenvalue weighted by Crippen LogP contribution is 2.60. The Bertz CT molecular complexity index is 593. The molecule has 1 saturated carbocycles. The summed E-state index contributed by atoms with van der Waals surface area (Å²) < 4.78 is 6.47. The van der Waals surface area contributed by atoms with Gasteiger partial charge in [0.25, 0.3) is 0 Å². The van der Waals surface area contributed by atoms with Gasteiger partial charge in [-0.05, 0) is 75.6 Å². The molecule has 0 aromatic heterocycles. The third-order valence-corrected chi connectivity index (χ3v) is 5.29. The minimum absolute atomic E-state index is 0.284. The van der Waals surface area contributed by atoms with Crippen LogP contribution in [0.25, 0.3) is 0 Å². The molecule has 1 spiro atoms. The van der Waals surface area contributed by atoms with E-state index in [9.17, 15) is 4.79 Å². The minimum Gasteiger partial charge on any atom is -0.444 e. The zero-order valence-electron chi connectivity index (χ0n) is 13.5. The molecule has 120 valence electrons. The first-order valence-corrected chi connectivity index (χ1v) is 8.85. The number of amides is 1. The van der Waals surface area contributed by atoms with Crippen LogP contribution in [0.5, 0.6) is 0 Å². The van der Waals surface area contributed by atoms with Gasteiger partial charge in [0.1, 0.15) is 5.60 Å². The van der Waals surface area contributed by atoms with Gasteiger partial charge in [-0.1, -0.05) is 22.0 Å². The smallest absolute Gasteiger partial charge is 0.407 e. The lowest BCUT2D eigenvalue weighted by atomic mass is 9.78. The third kappa shape index (κ3) is 3.17. The van der Waals surface area contributed by atoms with Crippen molar-refractivity contribution in [1.82, 2.24) is 5.32 Å². The Morgan fingerprint density at radius 3 is 2.95 bits per heavy atom. The second-order valence-corrected chi connectivity index (χ2v) is 8.51. The number of ether oxygens (including phenoxy) is 1. The van der Waals surface area contributed by atoms with Gasteiger partial charge in [-0.25, -0.2) is 4.79 Å². The number of hydrogen-bond donors (Lipinski definition) is 1. The fourth-order valence-corrected chi connectivity index (χ4v) is 4.13. The highest BCUT2D eigenvalue weighted by molar-refractivity contribution is 9.10. The average molecular weight is 366 g/mol. The molecule has 0 radical (unpaired) electrons. The number of benzene rings is 1. The van der Waals surface area contributed by atoms with Gasteiger partial charge in [0.2, 0.25) is 0 Å². The number of hydrogen-bond acceptors (Lipinski definition) is 2. The quantitative estimate of drug-likeness (QED) is 0.833. The first kappa shape index (κ1) is 15.9. The number of alkyl carbamates (subject to hydrolysis) is 1. The second-order valence-electron chi connectivity index (χ2n) is 7.60. The zero-order valence-corrected chi connectivity index (χ0v) is 15.1. The molecule has 0 heterocycles. The van der Waals surface area contributed by atoms with Crippen molar-refractivity contribution in [3.8, 4) is 0 Å². The van der Waals surface area contributed by atoms with E-state index in [-0.39, 0.29) is 11.5 Å². The molecule has 2 unspecified atom stereocenters. The van der Waals surface area contributed by atoms with Gasteiger partial charge < -0.3 is 10.1 Å². The first-order valence-electron chi connectivity index (χ1n) is 8.06. The summed E-state index contributed by atoms with van der Waals surface area (Å²) in [5.74, 6) is 0.536. The van der Waals surface area contributed by atoms with Crippen LogP contribution >= 0.6 is 15.9 Å². The lowest BCUT2D eigenvalue weighted by Crippen LogP contribution is -2.34. The highest BCUT2D eigenvalue weighted by atomic mass is 79.9. The van der Waals surface area contributed by atoms with E-state index in [1.165, 1.54) is 36.8 Å². The van der Waals surface area contributed by atoms with Crippen LogP contribution in [-0.2, 0) is 16.6 Å². The molecule has 3 rings (SSSR count). The molecule has 0 aliphatic heterocycles. The Morgan fingerprint density at radius 1 is 1.45 bits per heavy atom. The topological polar surface area (TPSA) is 38.3 Å². The Labute approximate surface area is 140 Å². The number of nitrogens with one attached hydrogen (secondary N) is 1. The van der Waals surface area contributed by atoms with E-state index in [4.69, 9.17) is 4.74 Å². The molecule has 2 atom stereocenters. The predicted octanol–water partition coefficient (Wildman–Crippen LogP) is 4.57. The van der Waals surface area contributed by atoms with E-state index in [1.807, 2.05) is 20.8 Å². The van der Waals surface area contributed by atoms with Crippen LogP contribution in [0.2, 0.25) is 0 Å². The molecule has 0 bridgehead atoms. The summed E-state index contributed by atoms with van der Waals surface area (Å²) in [6, 6.07) is 6.66. The molecular formula is C18H24BrNO2. The van der Waals surface area contributed by atoms with Crippen molar-refractivity contribution in [2.45, 2.75) is 57.5 Å².